The van der Waals surface area contributed by atoms with Crippen LogP contribution >= 0.6 is 0 Å². The third-order valence-corrected chi connectivity index (χ3v) is 8.22. The van der Waals surface area contributed by atoms with Gasteiger partial charge >= 0.3 is 0 Å². The summed E-state index contributed by atoms with van der Waals surface area (Å²) >= 11 is 0. The molecular formula is C21H30O2. The fraction of sp³-hybridized carbons (Fsp3) is 0.762. The number of allylic oxidation sites excluding steroid dienone is 1. The maximum Gasteiger partial charge on any atom is 0.139 e. The second-order valence-electron chi connectivity index (χ2n) is 8.97. The Morgan fingerprint density at radius 3 is 2.61 bits per heavy atom. The Morgan fingerprint density at radius 2 is 1.87 bits per heavy atom. The van der Waals surface area contributed by atoms with Crippen molar-refractivity contribution in [1.29, 1.82) is 0 Å². The van der Waals surface area contributed by atoms with Crippen LogP contribution in [0.4, 0.5) is 0 Å². The first-order chi connectivity index (χ1) is 10.9. The van der Waals surface area contributed by atoms with E-state index in [4.69, 9.17) is 0 Å². The Balaban J connectivity index is 1.72. The molecule has 0 aromatic rings. The lowest BCUT2D eigenvalue weighted by atomic mass is 9.47. The van der Waals surface area contributed by atoms with Gasteiger partial charge in [-0.2, -0.15) is 0 Å². The largest absolute Gasteiger partial charge is 0.392 e. The van der Waals surface area contributed by atoms with Crippen LogP contribution in [0.25, 0.3) is 0 Å². The van der Waals surface area contributed by atoms with Crippen molar-refractivity contribution in [2.24, 2.45) is 34.5 Å². The van der Waals surface area contributed by atoms with E-state index in [0.717, 1.165) is 38.5 Å². The molecule has 1 N–H and O–H groups in total. The SMILES string of the molecule is C=C[C@H]1C2=CC[C@@H]3[C@H](CC[C@]4(C)C(=O)CC[C@@H]34)[C@@]2(C)CC[C@@H]1O. The lowest BCUT2D eigenvalue weighted by molar-refractivity contribution is -0.132. The van der Waals surface area contributed by atoms with Crippen molar-refractivity contribution in [1.82, 2.24) is 0 Å². The molecule has 0 radical (unpaired) electrons. The van der Waals surface area contributed by atoms with Crippen molar-refractivity contribution in [3.05, 3.63) is 24.3 Å². The van der Waals surface area contributed by atoms with E-state index >= 15 is 0 Å². The Bertz CT molecular complexity index is 576. The molecule has 23 heavy (non-hydrogen) atoms. The Labute approximate surface area is 140 Å². The molecule has 0 spiro atoms. The van der Waals surface area contributed by atoms with Gasteiger partial charge in [0.1, 0.15) is 5.78 Å². The molecule has 0 saturated heterocycles. The fourth-order valence-electron chi connectivity index (χ4n) is 6.85. The minimum Gasteiger partial charge on any atom is -0.392 e. The summed E-state index contributed by atoms with van der Waals surface area (Å²) in [5.41, 5.74) is 1.60. The minimum absolute atomic E-state index is 0.0467. The number of aliphatic hydroxyl groups is 1. The molecule has 3 saturated carbocycles. The molecule has 126 valence electrons. The molecule has 2 nitrogen and oxygen atoms in total. The van der Waals surface area contributed by atoms with E-state index in [0.29, 0.717) is 23.5 Å². The molecule has 4 aliphatic rings. The van der Waals surface area contributed by atoms with Crippen molar-refractivity contribution in [3.8, 4) is 0 Å². The summed E-state index contributed by atoms with van der Waals surface area (Å²) in [6.07, 6.45) is 11.3. The maximum absolute atomic E-state index is 12.4. The van der Waals surface area contributed by atoms with E-state index in [1.807, 2.05) is 6.08 Å². The number of hydrogen-bond donors (Lipinski definition) is 1. The molecule has 3 fully saturated rings. The fourth-order valence-corrected chi connectivity index (χ4v) is 6.85. The summed E-state index contributed by atoms with van der Waals surface area (Å²) in [7, 11) is 0. The van der Waals surface area contributed by atoms with E-state index in [1.165, 1.54) is 12.0 Å². The van der Waals surface area contributed by atoms with Gasteiger partial charge in [-0.3, -0.25) is 4.79 Å². The van der Waals surface area contributed by atoms with Crippen LogP contribution in [0.2, 0.25) is 0 Å². The normalized spacial score (nSPS) is 52.2. The third kappa shape index (κ3) is 1.94. The number of Topliss-reactive ketones (excluding diaryl/α,β-unsaturated/α-hetero) is 1. The second kappa shape index (κ2) is 5.05. The van der Waals surface area contributed by atoms with Gasteiger partial charge in [0, 0.05) is 17.8 Å². The highest BCUT2D eigenvalue weighted by atomic mass is 16.3. The Kier molecular flexibility index (Phi) is 3.43. The first-order valence-electron chi connectivity index (χ1n) is 9.46. The lowest BCUT2D eigenvalue weighted by Gasteiger charge is -2.58. The van der Waals surface area contributed by atoms with Gasteiger partial charge in [-0.25, -0.2) is 0 Å². The van der Waals surface area contributed by atoms with Gasteiger partial charge in [0.2, 0.25) is 0 Å². The van der Waals surface area contributed by atoms with Crippen molar-refractivity contribution in [3.63, 3.8) is 0 Å². The van der Waals surface area contributed by atoms with E-state index in [2.05, 4.69) is 26.5 Å². The quantitative estimate of drug-likeness (QED) is 0.733. The number of carbonyl (C=O) groups excluding carboxylic acids is 1. The third-order valence-electron chi connectivity index (χ3n) is 8.22. The molecule has 0 unspecified atom stereocenters. The number of ketones is 1. The highest BCUT2D eigenvalue weighted by Gasteiger charge is 2.59. The van der Waals surface area contributed by atoms with Crippen molar-refractivity contribution >= 4 is 5.78 Å². The summed E-state index contributed by atoms with van der Waals surface area (Å²) in [4.78, 5) is 12.4. The van der Waals surface area contributed by atoms with Crippen LogP contribution < -0.4 is 0 Å². The molecule has 0 amide bonds. The smallest absolute Gasteiger partial charge is 0.139 e. The Hall–Kier alpha value is -0.890. The molecule has 0 bridgehead atoms. The first-order valence-corrected chi connectivity index (χ1v) is 9.46. The van der Waals surface area contributed by atoms with Gasteiger partial charge < -0.3 is 5.11 Å². The van der Waals surface area contributed by atoms with E-state index in [1.54, 1.807) is 0 Å². The van der Waals surface area contributed by atoms with Crippen molar-refractivity contribution in [2.45, 2.75) is 64.9 Å². The van der Waals surface area contributed by atoms with Crippen LogP contribution in [-0.4, -0.2) is 17.0 Å². The minimum atomic E-state index is -0.259. The Morgan fingerprint density at radius 1 is 1.17 bits per heavy atom. The van der Waals surface area contributed by atoms with Crippen LogP contribution in [0.3, 0.4) is 0 Å². The van der Waals surface area contributed by atoms with Gasteiger partial charge in [0.15, 0.2) is 0 Å². The molecule has 0 aromatic carbocycles. The molecule has 2 heteroatoms. The number of rotatable bonds is 1. The average molecular weight is 314 g/mol. The zero-order valence-corrected chi connectivity index (χ0v) is 14.6. The van der Waals surface area contributed by atoms with Crippen molar-refractivity contribution in [2.75, 3.05) is 0 Å². The van der Waals surface area contributed by atoms with E-state index in [-0.39, 0.29) is 22.9 Å². The molecule has 4 rings (SSSR count). The molecule has 4 aliphatic carbocycles. The van der Waals surface area contributed by atoms with E-state index < -0.39 is 0 Å². The average Bonchev–Trinajstić information content (AvgIpc) is 2.83. The molecule has 0 aromatic heterocycles. The summed E-state index contributed by atoms with van der Waals surface area (Å²) in [6.45, 7) is 8.66. The number of hydrogen-bond acceptors (Lipinski definition) is 2. The number of fused-ring (bicyclic) bond motifs is 5. The molecule has 0 aliphatic heterocycles. The summed E-state index contributed by atoms with van der Waals surface area (Å²) in [6, 6.07) is 0. The number of aliphatic hydroxyl groups excluding tert-OH is 1. The second-order valence-corrected chi connectivity index (χ2v) is 8.97. The highest BCUT2D eigenvalue weighted by Crippen LogP contribution is 2.64. The van der Waals surface area contributed by atoms with Crippen LogP contribution in [0.5, 0.6) is 0 Å². The number of carbonyl (C=O) groups is 1. The molecular weight excluding hydrogens is 284 g/mol. The first kappa shape index (κ1) is 15.6. The zero-order chi connectivity index (χ0) is 16.4. The van der Waals surface area contributed by atoms with Gasteiger partial charge in [-0.15, -0.1) is 6.58 Å². The van der Waals surface area contributed by atoms with E-state index in [9.17, 15) is 9.90 Å². The summed E-state index contributed by atoms with van der Waals surface area (Å²) < 4.78 is 0. The summed E-state index contributed by atoms with van der Waals surface area (Å²) in [5, 5.41) is 10.4. The lowest BCUT2D eigenvalue weighted by Crippen LogP contribution is -2.52. The van der Waals surface area contributed by atoms with Gasteiger partial charge in [-0.1, -0.05) is 31.6 Å². The summed E-state index contributed by atoms with van der Waals surface area (Å²) in [5.74, 6) is 2.57. The highest BCUT2D eigenvalue weighted by molar-refractivity contribution is 5.87. The zero-order valence-electron chi connectivity index (χ0n) is 14.6. The van der Waals surface area contributed by atoms with Crippen LogP contribution in [-0.2, 0) is 4.79 Å². The maximum atomic E-state index is 12.4. The van der Waals surface area contributed by atoms with Crippen LogP contribution in [0.15, 0.2) is 24.3 Å². The standard InChI is InChI=1S/C21H30O2/c1-4-13-15-6-5-14-16-7-8-19(23)21(16,3)11-9-17(14)20(15,2)12-10-18(13)22/h4,6,13-14,16-18,22H,1,5,7-12H2,2-3H3/t13-,14-,16-,17-,18-,20-,21-/m0/s1. The van der Waals surface area contributed by atoms with Crippen molar-refractivity contribution < 1.29 is 9.90 Å². The van der Waals surface area contributed by atoms with Crippen LogP contribution in [0.1, 0.15) is 58.8 Å². The molecule has 0 heterocycles. The topological polar surface area (TPSA) is 37.3 Å². The monoisotopic (exact) mass is 314 g/mol. The van der Waals surface area contributed by atoms with Gasteiger partial charge in [-0.05, 0) is 61.7 Å². The van der Waals surface area contributed by atoms with Gasteiger partial charge in [0.05, 0.1) is 6.10 Å². The predicted molar refractivity (Wildman–Crippen MR) is 91.8 cm³/mol. The predicted octanol–water partition coefficient (Wildman–Crippen LogP) is 4.29. The molecule has 7 atom stereocenters. The van der Waals surface area contributed by atoms with Gasteiger partial charge in [0.25, 0.3) is 0 Å². The van der Waals surface area contributed by atoms with Crippen LogP contribution in [0, 0.1) is 34.5 Å².